The Morgan fingerprint density at radius 1 is 1.32 bits per heavy atom. The first-order valence-corrected chi connectivity index (χ1v) is 8.34. The van der Waals surface area contributed by atoms with Crippen LogP contribution in [-0.2, 0) is 4.74 Å². The van der Waals surface area contributed by atoms with E-state index in [1.807, 2.05) is 20.8 Å². The summed E-state index contributed by atoms with van der Waals surface area (Å²) in [6, 6.07) is 1.40. The summed E-state index contributed by atoms with van der Waals surface area (Å²) < 4.78 is 33.8. The number of fused-ring (bicyclic) bond motifs is 1. The van der Waals surface area contributed by atoms with Gasteiger partial charge in [0.15, 0.2) is 5.65 Å². The number of halogens is 2. The quantitative estimate of drug-likeness (QED) is 0.825. The molecule has 25 heavy (non-hydrogen) atoms. The molecule has 2 aromatic heterocycles. The molecule has 6 nitrogen and oxygen atoms in total. The lowest BCUT2D eigenvalue weighted by Gasteiger charge is -2.34. The molecule has 0 bridgehead atoms. The molecule has 0 saturated carbocycles. The van der Waals surface area contributed by atoms with Gasteiger partial charge in [-0.2, -0.15) is 5.10 Å². The van der Waals surface area contributed by atoms with Crippen molar-refractivity contribution in [3.8, 4) is 0 Å². The molecule has 2 aromatic rings. The number of aromatic nitrogens is 3. The van der Waals surface area contributed by atoms with E-state index in [0.717, 1.165) is 0 Å². The van der Waals surface area contributed by atoms with Gasteiger partial charge in [-0.05, 0) is 51.2 Å². The molecule has 136 valence electrons. The first kappa shape index (κ1) is 17.6. The molecule has 0 aromatic carbocycles. The minimum Gasteiger partial charge on any atom is -0.444 e. The van der Waals surface area contributed by atoms with E-state index in [4.69, 9.17) is 4.74 Å². The molecule has 1 saturated heterocycles. The van der Waals surface area contributed by atoms with Crippen LogP contribution in [0.2, 0.25) is 0 Å². The summed E-state index contributed by atoms with van der Waals surface area (Å²) in [5, 5.41) is 4.03. The molecular weight excluding hydrogens is 330 g/mol. The fourth-order valence-electron chi connectivity index (χ4n) is 3.12. The Morgan fingerprint density at radius 3 is 2.60 bits per heavy atom. The zero-order valence-corrected chi connectivity index (χ0v) is 14.6. The Kier molecular flexibility index (Phi) is 4.62. The van der Waals surface area contributed by atoms with Crippen LogP contribution in [0.25, 0.3) is 5.65 Å². The molecule has 1 fully saturated rings. The topological polar surface area (TPSA) is 59.7 Å². The van der Waals surface area contributed by atoms with E-state index in [1.165, 1.54) is 16.9 Å². The van der Waals surface area contributed by atoms with Crippen molar-refractivity contribution in [1.29, 1.82) is 0 Å². The Morgan fingerprint density at radius 2 is 2.00 bits per heavy atom. The Bertz CT molecular complexity index is 762. The fourth-order valence-corrected chi connectivity index (χ4v) is 3.12. The van der Waals surface area contributed by atoms with Gasteiger partial charge in [-0.25, -0.2) is 23.1 Å². The van der Waals surface area contributed by atoms with Crippen LogP contribution < -0.4 is 0 Å². The second-order valence-electron chi connectivity index (χ2n) is 7.29. The number of carbonyl (C=O) groups is 1. The maximum atomic E-state index is 13.5. The highest BCUT2D eigenvalue weighted by atomic mass is 19.3. The molecule has 1 aliphatic rings. The van der Waals surface area contributed by atoms with Crippen LogP contribution in [0.4, 0.5) is 13.6 Å². The normalized spacial score (nSPS) is 16.6. The molecule has 0 radical (unpaired) electrons. The van der Waals surface area contributed by atoms with Crippen molar-refractivity contribution in [2.75, 3.05) is 13.1 Å². The van der Waals surface area contributed by atoms with E-state index >= 15 is 0 Å². The van der Waals surface area contributed by atoms with Crippen molar-refractivity contribution in [3.63, 3.8) is 0 Å². The van der Waals surface area contributed by atoms with E-state index in [1.54, 1.807) is 11.1 Å². The number of carbonyl (C=O) groups excluding carboxylic acids is 1. The summed E-state index contributed by atoms with van der Waals surface area (Å²) in [5.74, 6) is -0.0451. The van der Waals surface area contributed by atoms with E-state index in [9.17, 15) is 13.6 Å². The third-order valence-corrected chi connectivity index (χ3v) is 4.30. The maximum absolute atomic E-state index is 13.5. The lowest BCUT2D eigenvalue weighted by molar-refractivity contribution is 0.0203. The minimum absolute atomic E-state index is 0.00350. The smallest absolute Gasteiger partial charge is 0.410 e. The summed E-state index contributed by atoms with van der Waals surface area (Å²) in [7, 11) is 0. The van der Waals surface area contributed by atoms with Gasteiger partial charge in [0.25, 0.3) is 6.43 Å². The number of ether oxygens (including phenoxy) is 1. The molecule has 0 spiro atoms. The van der Waals surface area contributed by atoms with Gasteiger partial charge in [0, 0.05) is 24.8 Å². The molecule has 8 heteroatoms. The number of rotatable bonds is 2. The SMILES string of the molecule is CC(C)(C)OC(=O)N1CCC(c2cn3ncnc3cc2C(F)F)CC1. The van der Waals surface area contributed by atoms with Crippen molar-refractivity contribution in [2.24, 2.45) is 0 Å². The van der Waals surface area contributed by atoms with Crippen LogP contribution in [-0.4, -0.2) is 44.3 Å². The zero-order chi connectivity index (χ0) is 18.2. The highest BCUT2D eigenvalue weighted by molar-refractivity contribution is 5.68. The lowest BCUT2D eigenvalue weighted by Crippen LogP contribution is -2.41. The number of nitrogens with zero attached hydrogens (tertiary/aromatic N) is 4. The van der Waals surface area contributed by atoms with Gasteiger partial charge < -0.3 is 9.64 Å². The van der Waals surface area contributed by atoms with Crippen LogP contribution >= 0.6 is 0 Å². The van der Waals surface area contributed by atoms with Crippen LogP contribution in [0, 0.1) is 0 Å². The van der Waals surface area contributed by atoms with Crippen LogP contribution in [0.15, 0.2) is 18.6 Å². The van der Waals surface area contributed by atoms with Gasteiger partial charge >= 0.3 is 6.09 Å². The molecule has 3 heterocycles. The predicted molar refractivity (Wildman–Crippen MR) is 87.7 cm³/mol. The second kappa shape index (κ2) is 6.57. The fraction of sp³-hybridized carbons (Fsp3) is 0.588. The van der Waals surface area contributed by atoms with Crippen molar-refractivity contribution in [2.45, 2.75) is 51.6 Å². The average molecular weight is 352 g/mol. The number of piperidine rings is 1. The van der Waals surface area contributed by atoms with Crippen molar-refractivity contribution >= 4 is 11.7 Å². The first-order chi connectivity index (χ1) is 11.7. The van der Waals surface area contributed by atoms with E-state index in [-0.39, 0.29) is 17.6 Å². The standard InChI is InChI=1S/C17H22F2N4O2/c1-17(2,3)25-16(24)22-6-4-11(5-7-22)13-9-23-14(20-10-21-23)8-12(13)15(18)19/h8-11,15H,4-7H2,1-3H3. The third-order valence-electron chi connectivity index (χ3n) is 4.30. The Labute approximate surface area is 144 Å². The largest absolute Gasteiger partial charge is 0.444 e. The van der Waals surface area contributed by atoms with Gasteiger partial charge in [-0.3, -0.25) is 0 Å². The second-order valence-corrected chi connectivity index (χ2v) is 7.29. The van der Waals surface area contributed by atoms with E-state index < -0.39 is 12.0 Å². The summed E-state index contributed by atoms with van der Waals surface area (Å²) in [4.78, 5) is 17.7. The Balaban J connectivity index is 1.75. The molecule has 0 aliphatic carbocycles. The maximum Gasteiger partial charge on any atom is 0.410 e. The van der Waals surface area contributed by atoms with Crippen LogP contribution in [0.5, 0.6) is 0 Å². The van der Waals surface area contributed by atoms with Gasteiger partial charge in [0.05, 0.1) is 0 Å². The van der Waals surface area contributed by atoms with Gasteiger partial charge in [-0.15, -0.1) is 0 Å². The van der Waals surface area contributed by atoms with Crippen molar-refractivity contribution in [3.05, 3.63) is 29.7 Å². The average Bonchev–Trinajstić information content (AvgIpc) is 2.99. The number of hydrogen-bond donors (Lipinski definition) is 0. The number of amides is 1. The van der Waals surface area contributed by atoms with E-state index in [2.05, 4.69) is 10.1 Å². The number of alkyl halides is 2. The molecule has 0 atom stereocenters. The summed E-state index contributed by atoms with van der Waals surface area (Å²) >= 11 is 0. The predicted octanol–water partition coefficient (Wildman–Crippen LogP) is 3.78. The van der Waals surface area contributed by atoms with Crippen molar-refractivity contribution in [1.82, 2.24) is 19.5 Å². The lowest BCUT2D eigenvalue weighted by atomic mass is 9.87. The zero-order valence-electron chi connectivity index (χ0n) is 14.6. The van der Waals surface area contributed by atoms with E-state index in [0.29, 0.717) is 37.1 Å². The molecule has 1 aliphatic heterocycles. The van der Waals surface area contributed by atoms with Crippen LogP contribution in [0.3, 0.4) is 0 Å². The number of likely N-dealkylation sites (tertiary alicyclic amines) is 1. The minimum atomic E-state index is -2.57. The van der Waals surface area contributed by atoms with Gasteiger partial charge in [-0.1, -0.05) is 0 Å². The summed E-state index contributed by atoms with van der Waals surface area (Å²) in [5.41, 5.74) is 0.438. The highest BCUT2D eigenvalue weighted by Gasteiger charge is 2.30. The third kappa shape index (κ3) is 3.88. The Hall–Kier alpha value is -2.25. The van der Waals surface area contributed by atoms with Gasteiger partial charge in [0.1, 0.15) is 11.9 Å². The monoisotopic (exact) mass is 352 g/mol. The molecule has 3 rings (SSSR count). The number of pyridine rings is 1. The molecule has 1 amide bonds. The summed E-state index contributed by atoms with van der Waals surface area (Å²) in [6.45, 7) is 6.43. The van der Waals surface area contributed by atoms with Gasteiger partial charge in [0.2, 0.25) is 0 Å². The summed E-state index contributed by atoms with van der Waals surface area (Å²) in [6.07, 6.45) is 1.28. The van der Waals surface area contributed by atoms with Crippen LogP contribution in [0.1, 0.15) is 57.1 Å². The molecular formula is C17H22F2N4O2. The highest BCUT2D eigenvalue weighted by Crippen LogP contribution is 2.35. The van der Waals surface area contributed by atoms with Crippen molar-refractivity contribution < 1.29 is 18.3 Å². The molecule has 0 unspecified atom stereocenters. The number of hydrogen-bond acceptors (Lipinski definition) is 4. The first-order valence-electron chi connectivity index (χ1n) is 8.34. The molecule has 0 N–H and O–H groups in total.